The Labute approximate surface area is 126 Å². The molecule has 21 heavy (non-hydrogen) atoms. The number of nitrogens with zero attached hydrogens (tertiary/aromatic N) is 1. The van der Waals surface area contributed by atoms with Crippen molar-refractivity contribution in [2.45, 2.75) is 26.8 Å². The van der Waals surface area contributed by atoms with E-state index < -0.39 is 17.5 Å². The van der Waals surface area contributed by atoms with Gasteiger partial charge in [0, 0.05) is 9.75 Å². The molecule has 1 amide bonds. The Morgan fingerprint density at radius 2 is 1.90 bits per heavy atom. The molecule has 0 saturated heterocycles. The molecule has 0 radical (unpaired) electrons. The molecular formula is C16H14FNO2S. The van der Waals surface area contributed by atoms with E-state index in [2.05, 4.69) is 6.92 Å². The number of carbonyl (C=O) groups excluding carboxylic acids is 2. The maximum absolute atomic E-state index is 13.4. The second kappa shape index (κ2) is 5.07. The summed E-state index contributed by atoms with van der Waals surface area (Å²) in [6.07, 6.45) is 0.943. The minimum atomic E-state index is -0.625. The Balaban J connectivity index is 2.01. The molecule has 3 rings (SSSR count). The zero-order chi connectivity index (χ0) is 15.1. The van der Waals surface area contributed by atoms with Gasteiger partial charge in [0.25, 0.3) is 11.7 Å². The van der Waals surface area contributed by atoms with Crippen LogP contribution in [-0.4, -0.2) is 11.7 Å². The van der Waals surface area contributed by atoms with E-state index in [1.165, 1.54) is 15.8 Å². The fourth-order valence-corrected chi connectivity index (χ4v) is 3.56. The Hall–Kier alpha value is -2.01. The number of carbonyl (C=O) groups is 2. The number of hydrogen-bond donors (Lipinski definition) is 0. The van der Waals surface area contributed by atoms with Crippen molar-refractivity contribution in [1.29, 1.82) is 0 Å². The molecule has 2 heterocycles. The summed E-state index contributed by atoms with van der Waals surface area (Å²) < 4.78 is 13.4. The van der Waals surface area contributed by atoms with Crippen LogP contribution in [-0.2, 0) is 17.8 Å². The molecule has 1 aliphatic rings. The molecule has 2 aromatic rings. The van der Waals surface area contributed by atoms with Crippen molar-refractivity contribution in [3.05, 3.63) is 51.0 Å². The quantitative estimate of drug-likeness (QED) is 0.814. The van der Waals surface area contributed by atoms with Crippen molar-refractivity contribution >= 4 is 28.7 Å². The van der Waals surface area contributed by atoms with Gasteiger partial charge in [-0.2, -0.15) is 0 Å². The van der Waals surface area contributed by atoms with E-state index in [4.69, 9.17) is 0 Å². The number of anilines is 1. The molecule has 0 saturated carbocycles. The molecule has 0 unspecified atom stereocenters. The summed E-state index contributed by atoms with van der Waals surface area (Å²) >= 11 is 1.63. The lowest BCUT2D eigenvalue weighted by Crippen LogP contribution is -2.29. The Morgan fingerprint density at radius 1 is 1.19 bits per heavy atom. The van der Waals surface area contributed by atoms with Gasteiger partial charge in [0.05, 0.1) is 17.8 Å². The van der Waals surface area contributed by atoms with E-state index in [0.717, 1.165) is 17.4 Å². The van der Waals surface area contributed by atoms with E-state index >= 15 is 0 Å². The first-order valence-electron chi connectivity index (χ1n) is 6.75. The Bertz CT molecular complexity index is 751. The molecule has 1 aromatic carbocycles. The van der Waals surface area contributed by atoms with Gasteiger partial charge in [-0.15, -0.1) is 11.3 Å². The Kier molecular flexibility index (Phi) is 3.37. The van der Waals surface area contributed by atoms with Gasteiger partial charge in [-0.25, -0.2) is 4.39 Å². The van der Waals surface area contributed by atoms with Gasteiger partial charge in [-0.3, -0.25) is 14.5 Å². The highest BCUT2D eigenvalue weighted by atomic mass is 32.1. The average Bonchev–Trinajstić information content (AvgIpc) is 2.98. The predicted molar refractivity (Wildman–Crippen MR) is 80.4 cm³/mol. The number of benzene rings is 1. The average molecular weight is 303 g/mol. The van der Waals surface area contributed by atoms with E-state index in [1.54, 1.807) is 18.3 Å². The number of amides is 1. The summed E-state index contributed by atoms with van der Waals surface area (Å²) in [5, 5.41) is 0. The molecule has 0 bridgehead atoms. The third-order valence-electron chi connectivity index (χ3n) is 3.60. The number of hydrogen-bond acceptors (Lipinski definition) is 3. The predicted octanol–water partition coefficient (Wildman–Crippen LogP) is 3.49. The van der Waals surface area contributed by atoms with Crippen LogP contribution in [0.2, 0.25) is 0 Å². The standard InChI is InChI=1S/C16H14FNO2S/c1-3-11-4-5-12(21-11)8-18-14-9(2)6-10(17)7-13(14)15(19)16(18)20/h4-7H,3,8H2,1-2H3. The van der Waals surface area contributed by atoms with Gasteiger partial charge in [-0.1, -0.05) is 6.92 Å². The summed E-state index contributed by atoms with van der Waals surface area (Å²) in [6, 6.07) is 6.50. The summed E-state index contributed by atoms with van der Waals surface area (Å²) in [5.74, 6) is -1.69. The van der Waals surface area contributed by atoms with Crippen LogP contribution < -0.4 is 4.90 Å². The molecule has 0 aliphatic carbocycles. The first kappa shape index (κ1) is 13.9. The van der Waals surface area contributed by atoms with Gasteiger partial charge >= 0.3 is 0 Å². The van der Waals surface area contributed by atoms with Gasteiger partial charge in [0.15, 0.2) is 0 Å². The molecule has 0 spiro atoms. The lowest BCUT2D eigenvalue weighted by molar-refractivity contribution is -0.114. The van der Waals surface area contributed by atoms with Crippen LogP contribution in [0.1, 0.15) is 32.6 Å². The van der Waals surface area contributed by atoms with E-state index in [9.17, 15) is 14.0 Å². The number of rotatable bonds is 3. The minimum Gasteiger partial charge on any atom is -0.299 e. The number of aryl methyl sites for hydroxylation is 2. The van der Waals surface area contributed by atoms with Crippen molar-refractivity contribution in [1.82, 2.24) is 0 Å². The summed E-state index contributed by atoms with van der Waals surface area (Å²) in [6.45, 7) is 4.14. The Morgan fingerprint density at radius 3 is 2.57 bits per heavy atom. The number of ketones is 1. The van der Waals surface area contributed by atoms with Crippen LogP contribution in [0, 0.1) is 12.7 Å². The second-order valence-electron chi connectivity index (χ2n) is 5.06. The van der Waals surface area contributed by atoms with Gasteiger partial charge < -0.3 is 0 Å². The molecule has 0 atom stereocenters. The molecule has 1 aliphatic heterocycles. The monoisotopic (exact) mass is 303 g/mol. The van der Waals surface area contributed by atoms with Gasteiger partial charge in [0.2, 0.25) is 0 Å². The van der Waals surface area contributed by atoms with Crippen molar-refractivity contribution in [2.75, 3.05) is 4.90 Å². The first-order chi connectivity index (χ1) is 10.0. The van der Waals surface area contributed by atoms with Crippen LogP contribution in [0.3, 0.4) is 0 Å². The van der Waals surface area contributed by atoms with Crippen LogP contribution in [0.5, 0.6) is 0 Å². The van der Waals surface area contributed by atoms with E-state index in [0.29, 0.717) is 17.8 Å². The molecule has 5 heteroatoms. The SMILES string of the molecule is CCc1ccc(CN2C(=O)C(=O)c3cc(F)cc(C)c32)s1. The maximum atomic E-state index is 13.4. The molecule has 0 N–H and O–H groups in total. The smallest absolute Gasteiger partial charge is 0.299 e. The van der Waals surface area contributed by atoms with Gasteiger partial charge in [0.1, 0.15) is 5.82 Å². The largest absolute Gasteiger partial charge is 0.299 e. The number of fused-ring (bicyclic) bond motifs is 1. The van der Waals surface area contributed by atoms with Crippen LogP contribution in [0.25, 0.3) is 0 Å². The minimum absolute atomic E-state index is 0.171. The lowest BCUT2D eigenvalue weighted by atomic mass is 10.1. The molecule has 0 fully saturated rings. The van der Waals surface area contributed by atoms with Gasteiger partial charge in [-0.05, 0) is 43.2 Å². The fourth-order valence-electron chi connectivity index (χ4n) is 2.61. The van der Waals surface area contributed by atoms with Crippen molar-refractivity contribution in [2.24, 2.45) is 0 Å². The highest BCUT2D eigenvalue weighted by molar-refractivity contribution is 7.12. The fraction of sp³-hybridized carbons (Fsp3) is 0.250. The maximum Gasteiger partial charge on any atom is 0.299 e. The molecule has 108 valence electrons. The molecular weight excluding hydrogens is 289 g/mol. The number of halogens is 1. The second-order valence-corrected chi connectivity index (χ2v) is 6.31. The highest BCUT2D eigenvalue weighted by Crippen LogP contribution is 2.35. The normalized spacial score (nSPS) is 14.0. The van der Waals surface area contributed by atoms with Crippen LogP contribution in [0.4, 0.5) is 10.1 Å². The summed E-state index contributed by atoms with van der Waals surface area (Å²) in [5.41, 5.74) is 1.32. The first-order valence-corrected chi connectivity index (χ1v) is 7.57. The van der Waals surface area contributed by atoms with E-state index in [1.807, 2.05) is 12.1 Å². The zero-order valence-corrected chi connectivity index (χ0v) is 12.6. The summed E-state index contributed by atoms with van der Waals surface area (Å²) in [4.78, 5) is 27.9. The number of thiophene rings is 1. The van der Waals surface area contributed by atoms with Crippen LogP contribution >= 0.6 is 11.3 Å². The highest BCUT2D eigenvalue weighted by Gasteiger charge is 2.37. The zero-order valence-electron chi connectivity index (χ0n) is 11.8. The summed E-state index contributed by atoms with van der Waals surface area (Å²) in [7, 11) is 0. The molecule has 3 nitrogen and oxygen atoms in total. The van der Waals surface area contributed by atoms with E-state index in [-0.39, 0.29) is 5.56 Å². The number of Topliss-reactive ketones (excluding diaryl/α,β-unsaturated/α-hetero) is 1. The molecule has 1 aromatic heterocycles. The lowest BCUT2D eigenvalue weighted by Gasteiger charge is -2.17. The van der Waals surface area contributed by atoms with Crippen molar-refractivity contribution < 1.29 is 14.0 Å². The third-order valence-corrected chi connectivity index (χ3v) is 4.81. The van der Waals surface area contributed by atoms with Crippen molar-refractivity contribution in [3.63, 3.8) is 0 Å². The van der Waals surface area contributed by atoms with Crippen LogP contribution in [0.15, 0.2) is 24.3 Å². The third kappa shape index (κ3) is 2.27. The topological polar surface area (TPSA) is 37.4 Å². The van der Waals surface area contributed by atoms with Crippen molar-refractivity contribution in [3.8, 4) is 0 Å².